The van der Waals surface area contributed by atoms with Crippen LogP contribution in [0.1, 0.15) is 12.6 Å². The number of ketones is 1. The first-order chi connectivity index (χ1) is 7.70. The number of methoxy groups -OCH3 is 1. The monoisotopic (exact) mass is 215 g/mol. The third-order valence-electron chi connectivity index (χ3n) is 2.47. The van der Waals surface area contributed by atoms with E-state index in [9.17, 15) is 4.79 Å². The van der Waals surface area contributed by atoms with Gasteiger partial charge in [0.25, 0.3) is 0 Å². The molecule has 2 aromatic rings. The third-order valence-corrected chi connectivity index (χ3v) is 2.47. The van der Waals surface area contributed by atoms with Crippen molar-refractivity contribution in [2.45, 2.75) is 13.3 Å². The van der Waals surface area contributed by atoms with Crippen molar-refractivity contribution in [2.75, 3.05) is 7.11 Å². The summed E-state index contributed by atoms with van der Waals surface area (Å²) < 4.78 is 5.16. The Balaban J connectivity index is 2.55. The number of fused-ring (bicyclic) bond motifs is 1. The minimum absolute atomic E-state index is 0.121. The molecule has 3 heteroatoms. The van der Waals surface area contributed by atoms with Crippen LogP contribution in [0.2, 0.25) is 0 Å². The van der Waals surface area contributed by atoms with Gasteiger partial charge in [0.05, 0.1) is 12.8 Å². The van der Waals surface area contributed by atoms with Crippen molar-refractivity contribution >= 4 is 16.6 Å². The fourth-order valence-corrected chi connectivity index (χ4v) is 1.72. The topological polar surface area (TPSA) is 39.2 Å². The highest BCUT2D eigenvalue weighted by molar-refractivity contribution is 5.89. The number of pyridine rings is 1. The van der Waals surface area contributed by atoms with E-state index in [1.54, 1.807) is 20.2 Å². The molecule has 0 spiro atoms. The van der Waals surface area contributed by atoms with Crippen molar-refractivity contribution in [2.24, 2.45) is 0 Å². The van der Waals surface area contributed by atoms with Crippen molar-refractivity contribution in [1.82, 2.24) is 4.98 Å². The van der Waals surface area contributed by atoms with Crippen LogP contribution in [0, 0.1) is 0 Å². The SMILES string of the molecule is COc1ccc2c(CC(C)=O)nccc2c1. The Morgan fingerprint density at radius 2 is 2.19 bits per heavy atom. The molecule has 0 N–H and O–H groups in total. The Labute approximate surface area is 94.1 Å². The maximum absolute atomic E-state index is 11.1. The number of hydrogen-bond donors (Lipinski definition) is 0. The lowest BCUT2D eigenvalue weighted by Crippen LogP contribution is -1.99. The Morgan fingerprint density at radius 3 is 2.88 bits per heavy atom. The average Bonchev–Trinajstić information content (AvgIpc) is 2.28. The first-order valence-electron chi connectivity index (χ1n) is 5.12. The summed E-state index contributed by atoms with van der Waals surface area (Å²) in [5.41, 5.74) is 0.827. The summed E-state index contributed by atoms with van der Waals surface area (Å²) in [6.07, 6.45) is 2.10. The van der Waals surface area contributed by atoms with Gasteiger partial charge < -0.3 is 4.74 Å². The lowest BCUT2D eigenvalue weighted by atomic mass is 10.1. The lowest BCUT2D eigenvalue weighted by Gasteiger charge is -2.05. The number of nitrogens with zero attached hydrogens (tertiary/aromatic N) is 1. The molecule has 0 saturated heterocycles. The van der Waals surface area contributed by atoms with Gasteiger partial charge in [0.2, 0.25) is 0 Å². The molecule has 1 aromatic carbocycles. The van der Waals surface area contributed by atoms with Gasteiger partial charge in [-0.1, -0.05) is 0 Å². The van der Waals surface area contributed by atoms with E-state index in [0.29, 0.717) is 6.42 Å². The summed E-state index contributed by atoms with van der Waals surface area (Å²) in [5.74, 6) is 0.934. The standard InChI is InChI=1S/C13H13NO2/c1-9(15)7-13-12-4-3-11(16-2)8-10(12)5-6-14-13/h3-6,8H,7H2,1-2H3. The second-order valence-electron chi connectivity index (χ2n) is 3.72. The molecular formula is C13H13NO2. The van der Waals surface area contributed by atoms with Crippen molar-refractivity contribution < 1.29 is 9.53 Å². The zero-order chi connectivity index (χ0) is 11.5. The van der Waals surface area contributed by atoms with E-state index in [1.807, 2.05) is 24.3 Å². The average molecular weight is 215 g/mol. The Hall–Kier alpha value is -1.90. The molecule has 82 valence electrons. The molecule has 0 aliphatic heterocycles. The number of ether oxygens (including phenoxy) is 1. The number of Topliss-reactive ketones (excluding diaryl/α,β-unsaturated/α-hetero) is 1. The Morgan fingerprint density at radius 1 is 1.38 bits per heavy atom. The fraction of sp³-hybridized carbons (Fsp3) is 0.231. The molecule has 3 nitrogen and oxygen atoms in total. The van der Waals surface area contributed by atoms with Gasteiger partial charge in [0.15, 0.2) is 0 Å². The molecule has 1 heterocycles. The number of carbonyl (C=O) groups is 1. The second-order valence-corrected chi connectivity index (χ2v) is 3.72. The molecule has 0 aliphatic carbocycles. The quantitative estimate of drug-likeness (QED) is 0.789. The largest absolute Gasteiger partial charge is 0.497 e. The molecule has 0 atom stereocenters. The van der Waals surface area contributed by atoms with Gasteiger partial charge in [-0.25, -0.2) is 0 Å². The predicted octanol–water partition coefficient (Wildman–Crippen LogP) is 2.37. The predicted molar refractivity (Wildman–Crippen MR) is 62.7 cm³/mol. The van der Waals surface area contributed by atoms with Gasteiger partial charge in [-0.3, -0.25) is 9.78 Å². The Bertz CT molecular complexity index is 534. The molecule has 0 fully saturated rings. The van der Waals surface area contributed by atoms with E-state index in [2.05, 4.69) is 4.98 Å². The van der Waals surface area contributed by atoms with Crippen molar-refractivity contribution in [1.29, 1.82) is 0 Å². The van der Waals surface area contributed by atoms with Gasteiger partial charge >= 0.3 is 0 Å². The zero-order valence-electron chi connectivity index (χ0n) is 9.36. The van der Waals surface area contributed by atoms with Crippen LogP contribution >= 0.6 is 0 Å². The summed E-state index contributed by atoms with van der Waals surface area (Å²) in [5, 5.41) is 2.06. The maximum atomic E-state index is 11.1. The van der Waals surface area contributed by atoms with Crippen LogP contribution in [-0.4, -0.2) is 17.9 Å². The van der Waals surface area contributed by atoms with Gasteiger partial charge in [-0.05, 0) is 36.6 Å². The van der Waals surface area contributed by atoms with Gasteiger partial charge in [0.1, 0.15) is 11.5 Å². The number of hydrogen-bond acceptors (Lipinski definition) is 3. The molecule has 0 radical (unpaired) electrons. The molecule has 1 aromatic heterocycles. The van der Waals surface area contributed by atoms with E-state index in [1.165, 1.54) is 0 Å². The van der Waals surface area contributed by atoms with Gasteiger partial charge in [0, 0.05) is 18.0 Å². The van der Waals surface area contributed by atoms with Gasteiger partial charge in [-0.2, -0.15) is 0 Å². The molecule has 0 aliphatic rings. The number of benzene rings is 1. The highest BCUT2D eigenvalue weighted by Gasteiger charge is 2.05. The maximum Gasteiger partial charge on any atom is 0.135 e. The summed E-state index contributed by atoms with van der Waals surface area (Å²) in [6, 6.07) is 7.69. The molecule has 0 unspecified atom stereocenters. The third kappa shape index (κ3) is 2.03. The van der Waals surface area contributed by atoms with Crippen molar-refractivity contribution in [3.8, 4) is 5.75 Å². The number of carbonyl (C=O) groups excluding carboxylic acids is 1. The highest BCUT2D eigenvalue weighted by atomic mass is 16.5. The molecule has 2 rings (SSSR count). The molecule has 0 saturated carbocycles. The summed E-state index contributed by atoms with van der Waals surface area (Å²) >= 11 is 0. The van der Waals surface area contributed by atoms with Crippen LogP contribution < -0.4 is 4.74 Å². The van der Waals surface area contributed by atoms with E-state index in [4.69, 9.17) is 4.74 Å². The van der Waals surface area contributed by atoms with Crippen molar-refractivity contribution in [3.63, 3.8) is 0 Å². The van der Waals surface area contributed by atoms with Crippen LogP contribution in [0.4, 0.5) is 0 Å². The minimum Gasteiger partial charge on any atom is -0.497 e. The van der Waals surface area contributed by atoms with E-state index in [0.717, 1.165) is 22.2 Å². The van der Waals surface area contributed by atoms with Crippen LogP contribution in [0.25, 0.3) is 10.8 Å². The molecule has 0 amide bonds. The fourth-order valence-electron chi connectivity index (χ4n) is 1.72. The number of rotatable bonds is 3. The van der Waals surface area contributed by atoms with E-state index in [-0.39, 0.29) is 5.78 Å². The normalized spacial score (nSPS) is 10.4. The molecule has 16 heavy (non-hydrogen) atoms. The summed E-state index contributed by atoms with van der Waals surface area (Å²) in [7, 11) is 1.64. The van der Waals surface area contributed by atoms with E-state index >= 15 is 0 Å². The summed E-state index contributed by atoms with van der Waals surface area (Å²) in [6.45, 7) is 1.57. The van der Waals surface area contributed by atoms with Crippen LogP contribution in [-0.2, 0) is 11.2 Å². The van der Waals surface area contributed by atoms with E-state index < -0.39 is 0 Å². The van der Waals surface area contributed by atoms with Crippen molar-refractivity contribution in [3.05, 3.63) is 36.2 Å². The second kappa shape index (κ2) is 4.31. The smallest absolute Gasteiger partial charge is 0.135 e. The Kier molecular flexibility index (Phi) is 2.86. The van der Waals surface area contributed by atoms with Crippen LogP contribution in [0.15, 0.2) is 30.5 Å². The molecule has 0 bridgehead atoms. The number of aromatic nitrogens is 1. The first-order valence-corrected chi connectivity index (χ1v) is 5.12. The lowest BCUT2D eigenvalue weighted by molar-refractivity contribution is -0.116. The molecular weight excluding hydrogens is 202 g/mol. The highest BCUT2D eigenvalue weighted by Crippen LogP contribution is 2.22. The minimum atomic E-state index is 0.121. The van der Waals surface area contributed by atoms with Gasteiger partial charge in [-0.15, -0.1) is 0 Å². The van der Waals surface area contributed by atoms with Crippen LogP contribution in [0.5, 0.6) is 5.75 Å². The zero-order valence-corrected chi connectivity index (χ0v) is 9.36. The summed E-state index contributed by atoms with van der Waals surface area (Å²) in [4.78, 5) is 15.4. The van der Waals surface area contributed by atoms with Crippen LogP contribution in [0.3, 0.4) is 0 Å². The first kappa shape index (κ1) is 10.6.